The summed E-state index contributed by atoms with van der Waals surface area (Å²) in [5.41, 5.74) is 2.39. The molecular formula is C19H13BrN4O4. The Morgan fingerprint density at radius 2 is 2.00 bits per heavy atom. The summed E-state index contributed by atoms with van der Waals surface area (Å²) in [6.45, 7) is 1.60. The van der Waals surface area contributed by atoms with Crippen molar-refractivity contribution in [3.8, 4) is 22.7 Å². The van der Waals surface area contributed by atoms with Crippen LogP contribution in [0.15, 0.2) is 62.2 Å². The summed E-state index contributed by atoms with van der Waals surface area (Å²) in [5.74, 6) is 0.407. The van der Waals surface area contributed by atoms with E-state index < -0.39 is 5.97 Å². The van der Waals surface area contributed by atoms with Crippen molar-refractivity contribution in [2.75, 3.05) is 0 Å². The maximum absolute atomic E-state index is 12.1. The van der Waals surface area contributed by atoms with Gasteiger partial charge in [-0.1, -0.05) is 35.5 Å². The Balaban J connectivity index is 1.53. The Morgan fingerprint density at radius 1 is 1.18 bits per heavy atom. The highest BCUT2D eigenvalue weighted by atomic mass is 79.9. The van der Waals surface area contributed by atoms with E-state index in [4.69, 9.17) is 13.7 Å². The molecule has 0 aliphatic heterocycles. The molecule has 0 unspecified atom stereocenters. The third kappa shape index (κ3) is 3.70. The second kappa shape index (κ2) is 7.73. The molecule has 3 heterocycles. The number of carbonyl (C=O) groups excluding carboxylic acids is 1. The summed E-state index contributed by atoms with van der Waals surface area (Å²) < 4.78 is 16.9. The van der Waals surface area contributed by atoms with Crippen molar-refractivity contribution in [2.45, 2.75) is 13.5 Å². The van der Waals surface area contributed by atoms with E-state index in [0.29, 0.717) is 27.1 Å². The number of rotatable bonds is 5. The van der Waals surface area contributed by atoms with Gasteiger partial charge in [-0.15, -0.1) is 10.2 Å². The summed E-state index contributed by atoms with van der Waals surface area (Å²) in [7, 11) is 0. The lowest BCUT2D eigenvalue weighted by Crippen LogP contribution is -2.05. The zero-order valence-electron chi connectivity index (χ0n) is 14.6. The second-order valence-corrected chi connectivity index (χ2v) is 6.71. The van der Waals surface area contributed by atoms with E-state index in [1.165, 1.54) is 6.20 Å². The largest absolute Gasteiger partial charge is 0.452 e. The van der Waals surface area contributed by atoms with E-state index in [-0.39, 0.29) is 18.4 Å². The van der Waals surface area contributed by atoms with Crippen LogP contribution >= 0.6 is 15.9 Å². The van der Waals surface area contributed by atoms with Crippen molar-refractivity contribution in [3.05, 3.63) is 70.5 Å². The summed E-state index contributed by atoms with van der Waals surface area (Å²) in [4.78, 5) is 16.0. The molecule has 0 bridgehead atoms. The average molecular weight is 441 g/mol. The molecule has 0 fully saturated rings. The van der Waals surface area contributed by atoms with Gasteiger partial charge in [0.2, 0.25) is 0 Å². The third-order valence-corrected chi connectivity index (χ3v) is 4.29. The highest BCUT2D eigenvalue weighted by Gasteiger charge is 2.22. The monoisotopic (exact) mass is 440 g/mol. The van der Waals surface area contributed by atoms with Gasteiger partial charge in [-0.2, -0.15) is 0 Å². The zero-order valence-corrected chi connectivity index (χ0v) is 16.2. The minimum atomic E-state index is -0.542. The lowest BCUT2D eigenvalue weighted by molar-refractivity contribution is 0.0438. The number of pyridine rings is 1. The fraction of sp³-hybridized carbons (Fsp3) is 0.105. The first-order chi connectivity index (χ1) is 13.6. The number of hydrogen-bond acceptors (Lipinski definition) is 8. The molecule has 28 heavy (non-hydrogen) atoms. The van der Waals surface area contributed by atoms with E-state index in [9.17, 15) is 4.79 Å². The van der Waals surface area contributed by atoms with Crippen LogP contribution in [0.4, 0.5) is 0 Å². The molecule has 0 saturated heterocycles. The maximum atomic E-state index is 12.1. The van der Waals surface area contributed by atoms with Gasteiger partial charge >= 0.3 is 5.97 Å². The Labute approximate surface area is 167 Å². The van der Waals surface area contributed by atoms with Gasteiger partial charge < -0.3 is 13.7 Å². The van der Waals surface area contributed by atoms with Crippen LogP contribution in [0.5, 0.6) is 0 Å². The van der Waals surface area contributed by atoms with Crippen LogP contribution in [0.3, 0.4) is 0 Å². The van der Waals surface area contributed by atoms with Crippen molar-refractivity contribution in [1.82, 2.24) is 20.3 Å². The summed E-state index contributed by atoms with van der Waals surface area (Å²) in [6.07, 6.45) is 2.99. The first-order valence-electron chi connectivity index (χ1n) is 8.24. The van der Waals surface area contributed by atoms with Crippen LogP contribution in [-0.4, -0.2) is 26.3 Å². The molecule has 0 aliphatic rings. The molecular weight excluding hydrogens is 428 g/mol. The Kier molecular flexibility index (Phi) is 4.98. The summed E-state index contributed by atoms with van der Waals surface area (Å²) >= 11 is 3.26. The smallest absolute Gasteiger partial charge is 0.340 e. The van der Waals surface area contributed by atoms with Gasteiger partial charge in [-0.3, -0.25) is 4.98 Å². The number of nitrogens with zero attached hydrogens (tertiary/aromatic N) is 4. The van der Waals surface area contributed by atoms with Crippen molar-refractivity contribution in [1.29, 1.82) is 0 Å². The normalized spacial score (nSPS) is 10.8. The quantitative estimate of drug-likeness (QED) is 0.424. The standard InChI is InChI=1S/C19H13BrN4O4/c1-11-16(17(24-28-11)12-5-3-2-4-6-12)18-23-22-15(27-18)10-26-19(25)13-7-14(20)9-21-8-13/h2-9H,10H2,1H3. The first-order valence-corrected chi connectivity index (χ1v) is 9.03. The van der Waals surface area contributed by atoms with Crippen LogP contribution in [0, 0.1) is 6.92 Å². The molecule has 0 spiro atoms. The minimum Gasteiger partial charge on any atom is -0.452 e. The van der Waals surface area contributed by atoms with E-state index in [1.54, 1.807) is 19.2 Å². The number of esters is 1. The van der Waals surface area contributed by atoms with Gasteiger partial charge in [0.15, 0.2) is 6.61 Å². The number of benzene rings is 1. The highest BCUT2D eigenvalue weighted by Crippen LogP contribution is 2.33. The molecule has 3 aromatic heterocycles. The number of halogens is 1. The molecule has 8 nitrogen and oxygen atoms in total. The number of carbonyl (C=O) groups is 1. The van der Waals surface area contributed by atoms with Crippen LogP contribution in [0.2, 0.25) is 0 Å². The minimum absolute atomic E-state index is 0.158. The van der Waals surface area contributed by atoms with Gasteiger partial charge in [-0.25, -0.2) is 4.79 Å². The van der Waals surface area contributed by atoms with Crippen LogP contribution in [0.1, 0.15) is 22.0 Å². The molecule has 9 heteroatoms. The zero-order chi connectivity index (χ0) is 19.5. The van der Waals surface area contributed by atoms with E-state index in [0.717, 1.165) is 5.56 Å². The van der Waals surface area contributed by atoms with Crippen LogP contribution in [0.25, 0.3) is 22.7 Å². The SMILES string of the molecule is Cc1onc(-c2ccccc2)c1-c1nnc(COC(=O)c2cncc(Br)c2)o1. The molecule has 0 amide bonds. The number of ether oxygens (including phenoxy) is 1. The molecule has 0 N–H and O–H groups in total. The number of aromatic nitrogens is 4. The van der Waals surface area contributed by atoms with Crippen molar-refractivity contribution in [3.63, 3.8) is 0 Å². The number of aryl methyl sites for hydroxylation is 1. The van der Waals surface area contributed by atoms with E-state index in [1.807, 2.05) is 30.3 Å². The topological polar surface area (TPSA) is 104 Å². The van der Waals surface area contributed by atoms with Crippen molar-refractivity contribution < 1.29 is 18.5 Å². The lowest BCUT2D eigenvalue weighted by Gasteiger charge is -2.02. The third-order valence-electron chi connectivity index (χ3n) is 3.86. The first kappa shape index (κ1) is 18.1. The Morgan fingerprint density at radius 3 is 2.79 bits per heavy atom. The fourth-order valence-corrected chi connectivity index (χ4v) is 2.93. The molecule has 0 atom stereocenters. The summed E-state index contributed by atoms with van der Waals surface area (Å²) in [6, 6.07) is 11.1. The van der Waals surface area contributed by atoms with Crippen LogP contribution in [-0.2, 0) is 11.3 Å². The predicted octanol–water partition coefficient (Wildman–Crippen LogP) is 4.21. The molecule has 0 radical (unpaired) electrons. The Hall–Kier alpha value is -3.33. The van der Waals surface area contributed by atoms with E-state index in [2.05, 4.69) is 36.3 Å². The summed E-state index contributed by atoms with van der Waals surface area (Å²) in [5, 5.41) is 12.1. The van der Waals surface area contributed by atoms with Gasteiger partial charge in [-0.05, 0) is 28.9 Å². The highest BCUT2D eigenvalue weighted by molar-refractivity contribution is 9.10. The van der Waals surface area contributed by atoms with Gasteiger partial charge in [0.25, 0.3) is 11.8 Å². The molecule has 1 aromatic carbocycles. The average Bonchev–Trinajstić information content (AvgIpc) is 3.33. The van der Waals surface area contributed by atoms with Gasteiger partial charge in [0, 0.05) is 22.4 Å². The molecule has 4 rings (SSSR count). The van der Waals surface area contributed by atoms with Gasteiger partial charge in [0.1, 0.15) is 17.0 Å². The van der Waals surface area contributed by atoms with Crippen LogP contribution < -0.4 is 0 Å². The lowest BCUT2D eigenvalue weighted by atomic mass is 10.1. The molecule has 140 valence electrons. The van der Waals surface area contributed by atoms with Crippen molar-refractivity contribution >= 4 is 21.9 Å². The predicted molar refractivity (Wildman–Crippen MR) is 101 cm³/mol. The fourth-order valence-electron chi connectivity index (χ4n) is 2.56. The van der Waals surface area contributed by atoms with E-state index >= 15 is 0 Å². The maximum Gasteiger partial charge on any atom is 0.340 e. The molecule has 0 saturated carbocycles. The van der Waals surface area contributed by atoms with Crippen molar-refractivity contribution in [2.24, 2.45) is 0 Å². The number of hydrogen-bond donors (Lipinski definition) is 0. The Bertz CT molecular complexity index is 1120. The second-order valence-electron chi connectivity index (χ2n) is 5.80. The molecule has 4 aromatic rings. The van der Waals surface area contributed by atoms with Gasteiger partial charge in [0.05, 0.1) is 5.56 Å². The molecule has 0 aliphatic carbocycles.